The first-order valence-electron chi connectivity index (χ1n) is 14.2. The van der Waals surface area contributed by atoms with Crippen molar-refractivity contribution < 1.29 is 32.6 Å². The van der Waals surface area contributed by atoms with Crippen LogP contribution in [0.15, 0.2) is 47.6 Å². The van der Waals surface area contributed by atoms with Crippen LogP contribution in [0.4, 0.5) is 18.4 Å². The zero-order chi connectivity index (χ0) is 29.8. The summed E-state index contributed by atoms with van der Waals surface area (Å²) in [6.07, 6.45) is 6.66. The molecule has 1 unspecified atom stereocenters. The molecule has 3 heterocycles. The van der Waals surface area contributed by atoms with Gasteiger partial charge in [-0.15, -0.1) is 0 Å². The molecule has 2 aliphatic heterocycles. The number of nitrogens with one attached hydrogen (secondary N) is 1. The molecule has 12 heteroatoms. The SMILES string of the molecule is COCC1=NC(=O)N(C(=O)N[C@@H]2CCN(C3CCC(c4ccccn4)CC3)C2)[C@@H](c2ccc(F)c(F)c2)C1C(=O)OC. The van der Waals surface area contributed by atoms with Gasteiger partial charge in [-0.25, -0.2) is 23.3 Å². The number of likely N-dealkylation sites (tertiary alicyclic amines) is 1. The number of hydrogen-bond donors (Lipinski definition) is 1. The van der Waals surface area contributed by atoms with Gasteiger partial charge in [0.25, 0.3) is 0 Å². The Morgan fingerprint density at radius 2 is 1.83 bits per heavy atom. The number of aliphatic imine (C=N–C) groups is 1. The monoisotopic (exact) mass is 583 g/mol. The quantitative estimate of drug-likeness (QED) is 0.486. The van der Waals surface area contributed by atoms with Crippen LogP contribution >= 0.6 is 0 Å². The van der Waals surface area contributed by atoms with E-state index in [9.17, 15) is 23.2 Å². The highest BCUT2D eigenvalue weighted by molar-refractivity contribution is 6.12. The number of urea groups is 2. The number of aromatic nitrogens is 1. The van der Waals surface area contributed by atoms with Crippen molar-refractivity contribution in [2.45, 2.75) is 56.1 Å². The minimum atomic E-state index is -1.32. The van der Waals surface area contributed by atoms with Crippen molar-refractivity contribution in [3.63, 3.8) is 0 Å². The number of hydrogen-bond acceptors (Lipinski definition) is 7. The molecule has 1 N–H and O–H groups in total. The van der Waals surface area contributed by atoms with E-state index in [0.717, 1.165) is 62.1 Å². The number of nitrogens with zero attached hydrogens (tertiary/aromatic N) is 4. The van der Waals surface area contributed by atoms with E-state index in [1.807, 2.05) is 18.3 Å². The summed E-state index contributed by atoms with van der Waals surface area (Å²) in [6.45, 7) is 1.22. The molecule has 3 aliphatic rings. The van der Waals surface area contributed by atoms with Gasteiger partial charge >= 0.3 is 18.0 Å². The molecule has 10 nitrogen and oxygen atoms in total. The zero-order valence-electron chi connectivity index (χ0n) is 23.7. The van der Waals surface area contributed by atoms with E-state index >= 15 is 0 Å². The Balaban J connectivity index is 1.31. The highest BCUT2D eigenvalue weighted by Gasteiger charge is 2.48. The van der Waals surface area contributed by atoms with Gasteiger partial charge in [0, 0.05) is 50.1 Å². The minimum absolute atomic E-state index is 0.0291. The van der Waals surface area contributed by atoms with Gasteiger partial charge in [0.2, 0.25) is 0 Å². The van der Waals surface area contributed by atoms with Gasteiger partial charge in [0.05, 0.1) is 25.5 Å². The van der Waals surface area contributed by atoms with E-state index in [0.29, 0.717) is 24.9 Å². The number of imide groups is 1. The molecule has 2 fully saturated rings. The molecule has 5 rings (SSSR count). The number of carbonyl (C=O) groups is 3. The highest BCUT2D eigenvalue weighted by Crippen LogP contribution is 2.37. The molecule has 0 bridgehead atoms. The van der Waals surface area contributed by atoms with Crippen molar-refractivity contribution >= 4 is 23.7 Å². The number of carbonyl (C=O) groups excluding carboxylic acids is 3. The molecule has 1 aromatic heterocycles. The lowest BCUT2D eigenvalue weighted by Gasteiger charge is -2.38. The summed E-state index contributed by atoms with van der Waals surface area (Å²) in [7, 11) is 2.52. The molecule has 1 saturated carbocycles. The molecular formula is C30H35F2N5O5. The third-order valence-electron chi connectivity index (χ3n) is 8.52. The van der Waals surface area contributed by atoms with Gasteiger partial charge in [-0.2, -0.15) is 4.99 Å². The maximum absolute atomic E-state index is 14.3. The van der Waals surface area contributed by atoms with Gasteiger partial charge in [-0.1, -0.05) is 12.1 Å². The molecule has 1 aliphatic carbocycles. The molecule has 0 radical (unpaired) electrons. The summed E-state index contributed by atoms with van der Waals surface area (Å²) < 4.78 is 38.2. The average Bonchev–Trinajstić information content (AvgIpc) is 3.47. The Hall–Kier alpha value is -3.77. The fourth-order valence-electron chi connectivity index (χ4n) is 6.44. The van der Waals surface area contributed by atoms with Crippen molar-refractivity contribution in [3.8, 4) is 0 Å². The van der Waals surface area contributed by atoms with Crippen molar-refractivity contribution in [3.05, 3.63) is 65.5 Å². The van der Waals surface area contributed by atoms with Gasteiger partial charge in [-0.05, 0) is 61.9 Å². The summed E-state index contributed by atoms with van der Waals surface area (Å²) in [5, 5.41) is 2.93. The van der Waals surface area contributed by atoms with Crippen LogP contribution in [0.5, 0.6) is 0 Å². The lowest BCUT2D eigenvalue weighted by atomic mass is 9.83. The van der Waals surface area contributed by atoms with E-state index in [4.69, 9.17) is 9.47 Å². The fourth-order valence-corrected chi connectivity index (χ4v) is 6.44. The second-order valence-electron chi connectivity index (χ2n) is 11.0. The summed E-state index contributed by atoms with van der Waals surface area (Å²) >= 11 is 0. The van der Waals surface area contributed by atoms with Crippen LogP contribution in [0.2, 0.25) is 0 Å². The van der Waals surface area contributed by atoms with Crippen LogP contribution in [0.25, 0.3) is 0 Å². The number of methoxy groups -OCH3 is 2. The summed E-state index contributed by atoms with van der Waals surface area (Å²) in [6, 6.07) is 6.14. The van der Waals surface area contributed by atoms with E-state index in [-0.39, 0.29) is 23.9 Å². The van der Waals surface area contributed by atoms with E-state index in [2.05, 4.69) is 26.3 Å². The number of amides is 4. The molecule has 0 spiro atoms. The van der Waals surface area contributed by atoms with E-state index in [1.165, 1.54) is 13.2 Å². The molecule has 3 atom stereocenters. The first-order valence-corrected chi connectivity index (χ1v) is 14.2. The first kappa shape index (κ1) is 29.7. The standard InChI is InChI=1S/C30H35F2N5O5/c1-41-17-25-26(28(38)42-2)27(19-8-11-22(31)23(32)15-19)37(30(40)35-25)29(39)34-20-12-14-36(16-20)21-9-6-18(7-10-21)24-5-3-4-13-33-24/h3-5,8,11,13,15,18,20-21,26-27H,6-7,9-10,12,14,16-17H2,1-2H3,(H,34,39)/t18?,20-,21?,26?,27+/m1/s1. The zero-order valence-corrected chi connectivity index (χ0v) is 23.7. The molecule has 1 saturated heterocycles. The van der Waals surface area contributed by atoms with Crippen molar-refractivity contribution in [2.24, 2.45) is 10.9 Å². The largest absolute Gasteiger partial charge is 0.468 e. The Kier molecular flexibility index (Phi) is 9.22. The smallest absolute Gasteiger partial charge is 0.352 e. The number of esters is 1. The van der Waals surface area contributed by atoms with Gasteiger partial charge in [-0.3, -0.25) is 14.7 Å². The summed E-state index contributed by atoms with van der Waals surface area (Å²) in [4.78, 5) is 51.5. The van der Waals surface area contributed by atoms with E-state index in [1.54, 1.807) is 0 Å². The summed E-state index contributed by atoms with van der Waals surface area (Å²) in [5.74, 6) is -3.89. The maximum atomic E-state index is 14.3. The number of ether oxygens (including phenoxy) is 2. The van der Waals surface area contributed by atoms with Crippen LogP contribution in [0.3, 0.4) is 0 Å². The first-order chi connectivity index (χ1) is 20.3. The third-order valence-corrected chi connectivity index (χ3v) is 8.52. The second kappa shape index (κ2) is 13.0. The van der Waals surface area contributed by atoms with Crippen molar-refractivity contribution in [2.75, 3.05) is 33.9 Å². The number of rotatable bonds is 7. The second-order valence-corrected chi connectivity index (χ2v) is 11.0. The molecule has 4 amide bonds. The van der Waals surface area contributed by atoms with Crippen LogP contribution in [0.1, 0.15) is 55.3 Å². The minimum Gasteiger partial charge on any atom is -0.468 e. The van der Waals surface area contributed by atoms with Crippen LogP contribution in [0, 0.1) is 17.6 Å². The summed E-state index contributed by atoms with van der Waals surface area (Å²) in [5.41, 5.74) is 1.21. The Morgan fingerprint density at radius 1 is 1.05 bits per heavy atom. The predicted octanol–water partition coefficient (Wildman–Crippen LogP) is 4.22. The Bertz CT molecular complexity index is 1330. The van der Waals surface area contributed by atoms with Crippen molar-refractivity contribution in [1.82, 2.24) is 20.1 Å². The average molecular weight is 584 g/mol. The molecule has 1 aromatic carbocycles. The molecular weight excluding hydrogens is 548 g/mol. The van der Waals surface area contributed by atoms with Crippen LogP contribution in [-0.4, -0.2) is 84.5 Å². The van der Waals surface area contributed by atoms with Crippen LogP contribution in [-0.2, 0) is 14.3 Å². The topological polar surface area (TPSA) is 113 Å². The maximum Gasteiger partial charge on any atom is 0.352 e. The highest BCUT2D eigenvalue weighted by atomic mass is 19.2. The predicted molar refractivity (Wildman–Crippen MR) is 149 cm³/mol. The number of pyridine rings is 1. The van der Waals surface area contributed by atoms with E-state index < -0.39 is 41.6 Å². The number of benzene rings is 1. The fraction of sp³-hybridized carbons (Fsp3) is 0.500. The molecule has 42 heavy (non-hydrogen) atoms. The van der Waals surface area contributed by atoms with Gasteiger partial charge in [0.1, 0.15) is 5.92 Å². The molecule has 2 aromatic rings. The molecule has 224 valence electrons. The Morgan fingerprint density at radius 3 is 2.50 bits per heavy atom. The van der Waals surface area contributed by atoms with Gasteiger partial charge < -0.3 is 14.8 Å². The normalized spacial score (nSPS) is 26.6. The van der Waals surface area contributed by atoms with Crippen LogP contribution < -0.4 is 5.32 Å². The number of halogens is 2. The lowest BCUT2D eigenvalue weighted by Crippen LogP contribution is -2.55. The Labute approximate surface area is 243 Å². The van der Waals surface area contributed by atoms with Crippen molar-refractivity contribution in [1.29, 1.82) is 0 Å². The van der Waals surface area contributed by atoms with Gasteiger partial charge in [0.15, 0.2) is 11.6 Å². The third kappa shape index (κ3) is 6.19. The lowest BCUT2D eigenvalue weighted by molar-refractivity contribution is -0.144.